The van der Waals surface area contributed by atoms with Crippen LogP contribution in [0.3, 0.4) is 0 Å². The minimum absolute atomic E-state index is 0.481. The Bertz CT molecular complexity index is 140. The molecule has 3 nitrogen and oxygen atoms in total. The predicted molar refractivity (Wildman–Crippen MR) is 62.4 cm³/mol. The molecule has 0 fully saturated rings. The molecule has 0 aromatic rings. The highest BCUT2D eigenvalue weighted by atomic mass is 28.4. The Hall–Kier alpha value is 0.0969. The van der Waals surface area contributed by atoms with Crippen LogP contribution in [0.1, 0.15) is 40.0 Å². The van der Waals surface area contributed by atoms with Crippen LogP contribution < -0.4 is 4.98 Å². The van der Waals surface area contributed by atoms with Crippen LogP contribution in [0.25, 0.3) is 0 Å². The van der Waals surface area contributed by atoms with E-state index in [2.05, 4.69) is 25.8 Å². The molecule has 1 N–H and O–H groups in total. The molecule has 1 unspecified atom stereocenters. The van der Waals surface area contributed by atoms with Gasteiger partial charge in [-0.15, -0.1) is 0 Å². The van der Waals surface area contributed by atoms with Crippen LogP contribution in [0, 0.1) is 0 Å². The lowest BCUT2D eigenvalue weighted by atomic mass is 10.3. The zero-order valence-corrected chi connectivity index (χ0v) is 11.2. The normalized spacial score (nSPS) is 14.4. The van der Waals surface area contributed by atoms with Gasteiger partial charge in [0, 0.05) is 19.8 Å². The van der Waals surface area contributed by atoms with Gasteiger partial charge in [0.1, 0.15) is 0 Å². The van der Waals surface area contributed by atoms with E-state index in [1.165, 1.54) is 12.8 Å². The molecular formula is C10H25NO2Si. The molecule has 0 radical (unpaired) electrons. The molecule has 0 bridgehead atoms. The maximum atomic E-state index is 5.59. The van der Waals surface area contributed by atoms with E-state index < -0.39 is 8.72 Å². The van der Waals surface area contributed by atoms with Crippen molar-refractivity contribution in [1.29, 1.82) is 0 Å². The van der Waals surface area contributed by atoms with Gasteiger partial charge in [-0.25, -0.2) is 0 Å². The standard InChI is InChI=1S/C10H25NO2Si/c1-6-8-9-11-14(12-4,13-5)10(3)7-2/h10-11H,6-9H2,1-5H3. The molecule has 0 aliphatic carbocycles. The molecule has 0 heterocycles. The van der Waals surface area contributed by atoms with Gasteiger partial charge in [-0.2, -0.15) is 0 Å². The second kappa shape index (κ2) is 7.40. The van der Waals surface area contributed by atoms with E-state index in [0.717, 1.165) is 13.0 Å². The first-order valence-electron chi connectivity index (χ1n) is 5.52. The summed E-state index contributed by atoms with van der Waals surface area (Å²) < 4.78 is 11.2. The average molecular weight is 219 g/mol. The molecule has 0 aliphatic rings. The SMILES string of the molecule is CCCCN[Si](OC)(OC)C(C)CC. The summed E-state index contributed by atoms with van der Waals surface area (Å²) in [6, 6.07) is 0. The Morgan fingerprint density at radius 3 is 2.14 bits per heavy atom. The fraction of sp³-hybridized carbons (Fsp3) is 1.00. The lowest BCUT2D eigenvalue weighted by Crippen LogP contribution is -2.58. The van der Waals surface area contributed by atoms with Gasteiger partial charge in [-0.1, -0.05) is 33.6 Å². The summed E-state index contributed by atoms with van der Waals surface area (Å²) in [4.78, 5) is 3.48. The first-order chi connectivity index (χ1) is 6.66. The van der Waals surface area contributed by atoms with Crippen molar-refractivity contribution in [2.45, 2.75) is 45.6 Å². The molecule has 1 atom stereocenters. The van der Waals surface area contributed by atoms with Crippen molar-refractivity contribution in [2.24, 2.45) is 0 Å². The zero-order chi connectivity index (χ0) is 11.0. The van der Waals surface area contributed by atoms with Crippen LogP contribution in [0.2, 0.25) is 5.54 Å². The molecule has 0 aliphatic heterocycles. The summed E-state index contributed by atoms with van der Waals surface area (Å²) >= 11 is 0. The summed E-state index contributed by atoms with van der Waals surface area (Å²) in [5.74, 6) is 0. The van der Waals surface area contributed by atoms with E-state index in [-0.39, 0.29) is 0 Å². The topological polar surface area (TPSA) is 30.5 Å². The summed E-state index contributed by atoms with van der Waals surface area (Å²) in [5.41, 5.74) is 0.481. The Labute approximate surface area is 89.5 Å². The third-order valence-electron chi connectivity index (χ3n) is 2.77. The summed E-state index contributed by atoms with van der Waals surface area (Å²) in [5, 5.41) is 0. The van der Waals surface area contributed by atoms with Gasteiger partial charge >= 0.3 is 8.72 Å². The average Bonchev–Trinajstić information content (AvgIpc) is 2.24. The number of hydrogen-bond acceptors (Lipinski definition) is 3. The Morgan fingerprint density at radius 1 is 1.21 bits per heavy atom. The first-order valence-corrected chi connectivity index (χ1v) is 7.41. The van der Waals surface area contributed by atoms with E-state index in [0.29, 0.717) is 5.54 Å². The molecule has 0 rings (SSSR count). The van der Waals surface area contributed by atoms with Crippen molar-refractivity contribution < 1.29 is 8.85 Å². The molecule has 14 heavy (non-hydrogen) atoms. The van der Waals surface area contributed by atoms with E-state index >= 15 is 0 Å². The van der Waals surface area contributed by atoms with Crippen LogP contribution >= 0.6 is 0 Å². The van der Waals surface area contributed by atoms with Gasteiger partial charge in [-0.05, 0) is 13.0 Å². The van der Waals surface area contributed by atoms with Gasteiger partial charge in [-0.3, -0.25) is 4.98 Å². The summed E-state index contributed by atoms with van der Waals surface area (Å²) in [6.45, 7) is 7.55. The highest BCUT2D eigenvalue weighted by Gasteiger charge is 2.41. The van der Waals surface area contributed by atoms with Crippen molar-refractivity contribution in [3.05, 3.63) is 0 Å². The molecule has 4 heteroatoms. The Balaban J connectivity index is 4.21. The maximum Gasteiger partial charge on any atom is 0.427 e. The Kier molecular flexibility index (Phi) is 7.45. The molecule has 0 aromatic carbocycles. The number of unbranched alkanes of at least 4 members (excludes halogenated alkanes) is 1. The second-order valence-corrected chi connectivity index (χ2v) is 7.16. The highest BCUT2D eigenvalue weighted by molar-refractivity contribution is 6.66. The smallest absolute Gasteiger partial charge is 0.386 e. The first kappa shape index (κ1) is 14.1. The van der Waals surface area contributed by atoms with Gasteiger partial charge in [0.25, 0.3) is 0 Å². The van der Waals surface area contributed by atoms with Crippen LogP contribution in [-0.4, -0.2) is 29.5 Å². The van der Waals surface area contributed by atoms with Crippen LogP contribution in [0.4, 0.5) is 0 Å². The monoisotopic (exact) mass is 219 g/mol. The summed E-state index contributed by atoms with van der Waals surface area (Å²) in [7, 11) is 1.37. The fourth-order valence-electron chi connectivity index (χ4n) is 1.51. The predicted octanol–water partition coefficient (Wildman–Crippen LogP) is 2.41. The van der Waals surface area contributed by atoms with E-state index in [1.54, 1.807) is 14.2 Å². The van der Waals surface area contributed by atoms with Crippen molar-refractivity contribution >= 4 is 8.72 Å². The van der Waals surface area contributed by atoms with Crippen molar-refractivity contribution in [1.82, 2.24) is 4.98 Å². The molecule has 0 saturated carbocycles. The summed E-state index contributed by atoms with van der Waals surface area (Å²) in [6.07, 6.45) is 3.47. The maximum absolute atomic E-state index is 5.59. The third kappa shape index (κ3) is 3.69. The number of rotatable bonds is 8. The van der Waals surface area contributed by atoms with Crippen molar-refractivity contribution in [3.63, 3.8) is 0 Å². The van der Waals surface area contributed by atoms with Gasteiger partial charge < -0.3 is 8.85 Å². The van der Waals surface area contributed by atoms with Crippen LogP contribution in [-0.2, 0) is 8.85 Å². The largest absolute Gasteiger partial charge is 0.427 e. The molecule has 86 valence electrons. The van der Waals surface area contributed by atoms with Gasteiger partial charge in [0.15, 0.2) is 0 Å². The minimum Gasteiger partial charge on any atom is -0.386 e. The van der Waals surface area contributed by atoms with Crippen molar-refractivity contribution in [2.75, 3.05) is 20.8 Å². The van der Waals surface area contributed by atoms with Crippen LogP contribution in [0.15, 0.2) is 0 Å². The van der Waals surface area contributed by atoms with Gasteiger partial charge in [0.2, 0.25) is 0 Å². The minimum atomic E-state index is -2.13. The number of nitrogens with one attached hydrogen (secondary N) is 1. The van der Waals surface area contributed by atoms with Crippen LogP contribution in [0.5, 0.6) is 0 Å². The number of hydrogen-bond donors (Lipinski definition) is 1. The molecule has 0 amide bonds. The van der Waals surface area contributed by atoms with Gasteiger partial charge in [0.05, 0.1) is 0 Å². The lowest BCUT2D eigenvalue weighted by Gasteiger charge is -2.32. The quantitative estimate of drug-likeness (QED) is 0.502. The molecule has 0 aromatic heterocycles. The zero-order valence-electron chi connectivity index (χ0n) is 10.2. The Morgan fingerprint density at radius 2 is 1.79 bits per heavy atom. The van der Waals surface area contributed by atoms with E-state index in [9.17, 15) is 0 Å². The van der Waals surface area contributed by atoms with E-state index in [4.69, 9.17) is 8.85 Å². The molecule has 0 spiro atoms. The van der Waals surface area contributed by atoms with Crippen molar-refractivity contribution in [3.8, 4) is 0 Å². The molecular weight excluding hydrogens is 194 g/mol. The fourth-order valence-corrected chi connectivity index (χ4v) is 4.18. The third-order valence-corrected chi connectivity index (χ3v) is 6.43. The molecule has 0 saturated heterocycles. The van der Waals surface area contributed by atoms with E-state index in [1.807, 2.05) is 0 Å². The second-order valence-electron chi connectivity index (χ2n) is 3.67. The lowest BCUT2D eigenvalue weighted by molar-refractivity contribution is 0.214. The highest BCUT2D eigenvalue weighted by Crippen LogP contribution is 2.23.